The molecule has 0 heterocycles. The molecule has 2 saturated carbocycles. The highest BCUT2D eigenvalue weighted by atomic mass is 32.2. The molecule has 0 unspecified atom stereocenters. The van der Waals surface area contributed by atoms with Gasteiger partial charge in [-0.2, -0.15) is 11.8 Å². The van der Waals surface area contributed by atoms with Crippen molar-refractivity contribution in [1.82, 2.24) is 5.32 Å². The minimum Gasteiger partial charge on any atom is -0.378 e. The first kappa shape index (κ1) is 13.7. The smallest absolute Gasteiger partial charge is 0.0604 e. The van der Waals surface area contributed by atoms with Crippen LogP contribution in [-0.4, -0.2) is 36.3 Å². The Hall–Kier alpha value is 0.270. The van der Waals surface area contributed by atoms with Gasteiger partial charge in [0, 0.05) is 23.9 Å². The van der Waals surface area contributed by atoms with E-state index in [0.717, 1.165) is 12.6 Å². The predicted molar refractivity (Wildman–Crippen MR) is 75.8 cm³/mol. The summed E-state index contributed by atoms with van der Waals surface area (Å²) >= 11 is 2.09. The topological polar surface area (TPSA) is 21.3 Å². The van der Waals surface area contributed by atoms with Crippen LogP contribution in [0.4, 0.5) is 0 Å². The predicted octanol–water partition coefficient (Wildman–Crippen LogP) is 3.21. The molecule has 2 fully saturated rings. The molecule has 2 aliphatic carbocycles. The summed E-state index contributed by atoms with van der Waals surface area (Å²) in [4.78, 5) is 0. The minimum atomic E-state index is 0.536. The van der Waals surface area contributed by atoms with Crippen LogP contribution in [-0.2, 0) is 4.74 Å². The molecule has 17 heavy (non-hydrogen) atoms. The highest BCUT2D eigenvalue weighted by molar-refractivity contribution is 8.00. The molecule has 3 heteroatoms. The number of nitrogens with one attached hydrogen (secondary N) is 1. The third kappa shape index (κ3) is 3.62. The van der Waals surface area contributed by atoms with Crippen molar-refractivity contribution in [2.75, 3.05) is 19.4 Å². The zero-order valence-corrected chi connectivity index (χ0v) is 12.2. The van der Waals surface area contributed by atoms with Crippen LogP contribution in [0.5, 0.6) is 0 Å². The van der Waals surface area contributed by atoms with Gasteiger partial charge in [0.2, 0.25) is 0 Å². The Balaban J connectivity index is 1.67. The Bertz CT molecular complexity index is 222. The molecule has 0 aromatic heterocycles. The molecule has 0 aromatic carbocycles. The normalized spacial score (nSPS) is 32.1. The van der Waals surface area contributed by atoms with E-state index in [1.807, 2.05) is 0 Å². The van der Waals surface area contributed by atoms with Gasteiger partial charge in [-0.1, -0.05) is 19.3 Å². The fraction of sp³-hybridized carbons (Fsp3) is 1.00. The minimum absolute atomic E-state index is 0.536. The van der Waals surface area contributed by atoms with Crippen LogP contribution in [0, 0.1) is 0 Å². The monoisotopic (exact) mass is 257 g/mol. The summed E-state index contributed by atoms with van der Waals surface area (Å²) in [6, 6.07) is 0.720. The van der Waals surface area contributed by atoms with E-state index >= 15 is 0 Å². The van der Waals surface area contributed by atoms with E-state index in [4.69, 9.17) is 4.74 Å². The molecule has 0 aromatic rings. The standard InChI is InChI=1S/C14H27NOS/c1-3-16-13-9-12(10-13)15-11-14(17-2)7-5-4-6-8-14/h12-13,15H,3-11H2,1-2H3. The number of ether oxygens (including phenoxy) is 1. The lowest BCUT2D eigenvalue weighted by Crippen LogP contribution is -2.50. The third-order valence-electron chi connectivity index (χ3n) is 4.41. The lowest BCUT2D eigenvalue weighted by atomic mass is 9.85. The van der Waals surface area contributed by atoms with E-state index in [-0.39, 0.29) is 0 Å². The molecule has 0 radical (unpaired) electrons. The lowest BCUT2D eigenvalue weighted by Gasteiger charge is -2.41. The molecule has 0 atom stereocenters. The van der Waals surface area contributed by atoms with Crippen molar-refractivity contribution < 1.29 is 4.74 Å². The van der Waals surface area contributed by atoms with Gasteiger partial charge in [0.05, 0.1) is 6.10 Å². The van der Waals surface area contributed by atoms with Crippen LogP contribution in [0.1, 0.15) is 51.9 Å². The van der Waals surface area contributed by atoms with Crippen molar-refractivity contribution in [3.63, 3.8) is 0 Å². The van der Waals surface area contributed by atoms with E-state index in [1.165, 1.54) is 51.5 Å². The summed E-state index contributed by atoms with van der Waals surface area (Å²) < 4.78 is 6.14. The molecule has 2 nitrogen and oxygen atoms in total. The summed E-state index contributed by atoms with van der Waals surface area (Å²) in [6.45, 7) is 4.16. The van der Waals surface area contributed by atoms with Gasteiger partial charge in [-0.3, -0.25) is 0 Å². The van der Waals surface area contributed by atoms with Gasteiger partial charge in [0.1, 0.15) is 0 Å². The fourth-order valence-electron chi connectivity index (χ4n) is 3.08. The first-order valence-electron chi connectivity index (χ1n) is 7.18. The van der Waals surface area contributed by atoms with Crippen molar-refractivity contribution >= 4 is 11.8 Å². The number of thioether (sulfide) groups is 1. The largest absolute Gasteiger partial charge is 0.378 e. The molecule has 0 aliphatic heterocycles. The quantitative estimate of drug-likeness (QED) is 0.789. The summed E-state index contributed by atoms with van der Waals surface area (Å²) in [6.07, 6.45) is 12.4. The average Bonchev–Trinajstić information content (AvgIpc) is 2.33. The Kier molecular flexibility index (Phi) is 5.19. The maximum absolute atomic E-state index is 5.61. The van der Waals surface area contributed by atoms with Crippen LogP contribution in [0.25, 0.3) is 0 Å². The number of hydrogen-bond donors (Lipinski definition) is 1. The van der Waals surface area contributed by atoms with E-state index in [2.05, 4.69) is 30.3 Å². The van der Waals surface area contributed by atoms with Gasteiger partial charge < -0.3 is 10.1 Å². The number of hydrogen-bond acceptors (Lipinski definition) is 3. The van der Waals surface area contributed by atoms with Crippen molar-refractivity contribution in [1.29, 1.82) is 0 Å². The summed E-state index contributed by atoms with van der Waals surface area (Å²) in [5.41, 5.74) is 0. The molecular weight excluding hydrogens is 230 g/mol. The number of rotatable bonds is 6. The third-order valence-corrected chi connectivity index (χ3v) is 5.83. The first-order chi connectivity index (χ1) is 8.28. The van der Waals surface area contributed by atoms with Crippen LogP contribution < -0.4 is 5.32 Å². The Morgan fingerprint density at radius 2 is 1.94 bits per heavy atom. The van der Waals surface area contributed by atoms with Crippen LogP contribution in [0.2, 0.25) is 0 Å². The second-order valence-electron chi connectivity index (χ2n) is 5.57. The molecule has 100 valence electrons. The zero-order chi connectivity index (χ0) is 12.1. The maximum Gasteiger partial charge on any atom is 0.0604 e. The first-order valence-corrected chi connectivity index (χ1v) is 8.40. The second-order valence-corrected chi connectivity index (χ2v) is 6.85. The molecule has 0 spiro atoms. The van der Waals surface area contributed by atoms with Crippen LogP contribution >= 0.6 is 11.8 Å². The van der Waals surface area contributed by atoms with Crippen molar-refractivity contribution in [2.45, 2.75) is 68.8 Å². The fourth-order valence-corrected chi connectivity index (χ4v) is 4.01. The molecule has 0 saturated heterocycles. The van der Waals surface area contributed by atoms with Gasteiger partial charge in [-0.25, -0.2) is 0 Å². The van der Waals surface area contributed by atoms with Crippen molar-refractivity contribution in [3.05, 3.63) is 0 Å². The maximum atomic E-state index is 5.61. The van der Waals surface area contributed by atoms with E-state index in [0.29, 0.717) is 10.9 Å². The van der Waals surface area contributed by atoms with Gasteiger partial charge in [-0.15, -0.1) is 0 Å². The summed E-state index contributed by atoms with van der Waals surface area (Å²) in [5.74, 6) is 0. The van der Waals surface area contributed by atoms with E-state index < -0.39 is 0 Å². The van der Waals surface area contributed by atoms with Crippen molar-refractivity contribution in [2.24, 2.45) is 0 Å². The summed E-state index contributed by atoms with van der Waals surface area (Å²) in [5, 5.41) is 3.77. The molecule has 1 N–H and O–H groups in total. The molecule has 2 rings (SSSR count). The molecule has 0 amide bonds. The Morgan fingerprint density at radius 3 is 2.53 bits per heavy atom. The zero-order valence-electron chi connectivity index (χ0n) is 11.3. The average molecular weight is 257 g/mol. The van der Waals surface area contributed by atoms with E-state index in [1.54, 1.807) is 0 Å². The van der Waals surface area contributed by atoms with Crippen molar-refractivity contribution in [3.8, 4) is 0 Å². The van der Waals surface area contributed by atoms with Crippen LogP contribution in [0.15, 0.2) is 0 Å². The van der Waals surface area contributed by atoms with Gasteiger partial charge in [-0.05, 0) is 38.9 Å². The molecule has 0 bridgehead atoms. The van der Waals surface area contributed by atoms with Crippen LogP contribution in [0.3, 0.4) is 0 Å². The van der Waals surface area contributed by atoms with E-state index in [9.17, 15) is 0 Å². The highest BCUT2D eigenvalue weighted by Crippen LogP contribution is 2.38. The van der Waals surface area contributed by atoms with Gasteiger partial charge >= 0.3 is 0 Å². The Morgan fingerprint density at radius 1 is 1.24 bits per heavy atom. The van der Waals surface area contributed by atoms with Gasteiger partial charge in [0.15, 0.2) is 0 Å². The Labute approximate surface area is 110 Å². The molecular formula is C14H27NOS. The highest BCUT2D eigenvalue weighted by Gasteiger charge is 2.34. The van der Waals surface area contributed by atoms with Gasteiger partial charge in [0.25, 0.3) is 0 Å². The molecule has 2 aliphatic rings. The SMILES string of the molecule is CCOC1CC(NCC2(SC)CCCCC2)C1. The lowest BCUT2D eigenvalue weighted by molar-refractivity contribution is -0.0104. The second kappa shape index (κ2) is 6.44. The summed E-state index contributed by atoms with van der Waals surface area (Å²) in [7, 11) is 0.